The second-order valence-electron chi connectivity index (χ2n) is 5.69. The number of amides is 1. The number of benzene rings is 1. The van der Waals surface area contributed by atoms with Gasteiger partial charge >= 0.3 is 0 Å². The minimum absolute atomic E-state index is 0.118. The second-order valence-corrected chi connectivity index (χ2v) is 6.10. The molecule has 2 aromatic rings. The first-order chi connectivity index (χ1) is 11.0. The molecule has 0 saturated carbocycles. The zero-order valence-corrected chi connectivity index (χ0v) is 14.0. The van der Waals surface area contributed by atoms with Crippen LogP contribution in [0.1, 0.15) is 23.9 Å². The molecule has 0 aliphatic carbocycles. The minimum atomic E-state index is -0.334. The summed E-state index contributed by atoms with van der Waals surface area (Å²) in [5, 5.41) is 6.33. The number of hydrazone groups is 1. The van der Waals surface area contributed by atoms with E-state index in [-0.39, 0.29) is 11.8 Å². The predicted octanol–water partition coefficient (Wildman–Crippen LogP) is 3.33. The van der Waals surface area contributed by atoms with Crippen molar-refractivity contribution in [1.82, 2.24) is 9.97 Å². The van der Waals surface area contributed by atoms with Gasteiger partial charge in [0.2, 0.25) is 0 Å². The molecule has 0 radical (unpaired) electrons. The summed E-state index contributed by atoms with van der Waals surface area (Å²) in [6.07, 6.45) is 0.523. The fourth-order valence-corrected chi connectivity index (χ4v) is 2.88. The monoisotopic (exact) mass is 328 g/mol. The highest BCUT2D eigenvalue weighted by molar-refractivity contribution is 6.31. The molecule has 1 aliphatic heterocycles. The van der Waals surface area contributed by atoms with Crippen LogP contribution in [0.2, 0.25) is 5.02 Å². The maximum atomic E-state index is 12.7. The summed E-state index contributed by atoms with van der Waals surface area (Å²) in [6, 6.07) is 9.41. The van der Waals surface area contributed by atoms with Crippen molar-refractivity contribution in [3.05, 3.63) is 52.3 Å². The van der Waals surface area contributed by atoms with Gasteiger partial charge in [-0.05, 0) is 44.9 Å². The molecule has 0 spiro atoms. The van der Waals surface area contributed by atoms with Crippen LogP contribution in [-0.2, 0) is 11.2 Å². The lowest BCUT2D eigenvalue weighted by Crippen LogP contribution is -2.30. The van der Waals surface area contributed by atoms with Crippen molar-refractivity contribution in [3.8, 4) is 0 Å². The normalized spacial score (nSPS) is 17.6. The summed E-state index contributed by atoms with van der Waals surface area (Å²) in [5.74, 6) is -0.125. The molecule has 0 saturated heterocycles. The Morgan fingerprint density at radius 3 is 2.43 bits per heavy atom. The third kappa shape index (κ3) is 3.10. The molecular weight excluding hydrogens is 312 g/mol. The van der Waals surface area contributed by atoms with Crippen molar-refractivity contribution >= 4 is 29.2 Å². The Bertz CT molecular complexity index is 783. The molecule has 0 unspecified atom stereocenters. The summed E-state index contributed by atoms with van der Waals surface area (Å²) >= 11 is 6.20. The molecular formula is C17H17ClN4O. The van der Waals surface area contributed by atoms with Gasteiger partial charge in [0.25, 0.3) is 11.9 Å². The fraction of sp³-hybridized carbons (Fsp3) is 0.294. The van der Waals surface area contributed by atoms with Crippen LogP contribution in [0.3, 0.4) is 0 Å². The van der Waals surface area contributed by atoms with E-state index < -0.39 is 0 Å². The Labute approximate surface area is 140 Å². The number of halogens is 1. The van der Waals surface area contributed by atoms with E-state index in [4.69, 9.17) is 11.6 Å². The Morgan fingerprint density at radius 1 is 1.13 bits per heavy atom. The number of aromatic nitrogens is 2. The third-order valence-electron chi connectivity index (χ3n) is 3.81. The van der Waals surface area contributed by atoms with Gasteiger partial charge in [-0.1, -0.05) is 29.8 Å². The standard InChI is InChI=1S/C17H17ClN4O/c1-10-8-11(2)20-17(19-10)22-16(23)14(12(3)21-22)9-13-6-4-5-7-15(13)18/h4-8,14H,9H2,1-3H3/t14-/m0/s1. The van der Waals surface area contributed by atoms with Gasteiger partial charge in [0, 0.05) is 22.1 Å². The second kappa shape index (κ2) is 6.08. The number of carbonyl (C=O) groups excluding carboxylic acids is 1. The maximum Gasteiger partial charge on any atom is 0.259 e. The van der Waals surface area contributed by atoms with Gasteiger partial charge < -0.3 is 0 Å². The average molecular weight is 329 g/mol. The van der Waals surface area contributed by atoms with E-state index in [0.29, 0.717) is 17.4 Å². The lowest BCUT2D eigenvalue weighted by atomic mass is 9.95. The fourth-order valence-electron chi connectivity index (χ4n) is 2.67. The molecule has 5 nitrogen and oxygen atoms in total. The number of carbonyl (C=O) groups is 1. The highest BCUT2D eigenvalue weighted by Gasteiger charge is 2.36. The zero-order valence-electron chi connectivity index (χ0n) is 13.2. The van der Waals surface area contributed by atoms with Gasteiger partial charge in [0.1, 0.15) is 0 Å². The van der Waals surface area contributed by atoms with Crippen LogP contribution in [0.15, 0.2) is 35.4 Å². The lowest BCUT2D eigenvalue weighted by Gasteiger charge is -2.14. The highest BCUT2D eigenvalue weighted by Crippen LogP contribution is 2.26. The molecule has 1 atom stereocenters. The molecule has 1 aromatic carbocycles. The first-order valence-corrected chi connectivity index (χ1v) is 7.78. The maximum absolute atomic E-state index is 12.7. The van der Waals surface area contributed by atoms with Gasteiger partial charge in [-0.15, -0.1) is 0 Å². The minimum Gasteiger partial charge on any atom is -0.272 e. The quantitative estimate of drug-likeness (QED) is 0.868. The van der Waals surface area contributed by atoms with E-state index in [2.05, 4.69) is 15.1 Å². The topological polar surface area (TPSA) is 58.5 Å². The van der Waals surface area contributed by atoms with Gasteiger partial charge in [-0.2, -0.15) is 10.1 Å². The molecule has 1 aromatic heterocycles. The van der Waals surface area contributed by atoms with E-state index in [1.165, 1.54) is 5.01 Å². The molecule has 23 heavy (non-hydrogen) atoms. The van der Waals surface area contributed by atoms with Crippen LogP contribution >= 0.6 is 11.6 Å². The van der Waals surface area contributed by atoms with Crippen molar-refractivity contribution in [2.75, 3.05) is 5.01 Å². The number of hydrogen-bond donors (Lipinski definition) is 0. The summed E-state index contributed by atoms with van der Waals surface area (Å²) in [7, 11) is 0. The Hall–Kier alpha value is -2.27. The summed E-state index contributed by atoms with van der Waals surface area (Å²) < 4.78 is 0. The van der Waals surface area contributed by atoms with Crippen LogP contribution in [0, 0.1) is 19.8 Å². The summed E-state index contributed by atoms with van der Waals surface area (Å²) in [6.45, 7) is 5.59. The lowest BCUT2D eigenvalue weighted by molar-refractivity contribution is -0.119. The molecule has 0 fully saturated rings. The third-order valence-corrected chi connectivity index (χ3v) is 4.18. The Kier molecular flexibility index (Phi) is 4.13. The van der Waals surface area contributed by atoms with E-state index >= 15 is 0 Å². The van der Waals surface area contributed by atoms with Crippen molar-refractivity contribution < 1.29 is 4.79 Å². The predicted molar refractivity (Wildman–Crippen MR) is 90.7 cm³/mol. The highest BCUT2D eigenvalue weighted by atomic mass is 35.5. The largest absolute Gasteiger partial charge is 0.272 e. The molecule has 3 rings (SSSR count). The van der Waals surface area contributed by atoms with Gasteiger partial charge in [0.15, 0.2) is 0 Å². The van der Waals surface area contributed by atoms with Crippen LogP contribution in [-0.4, -0.2) is 21.6 Å². The van der Waals surface area contributed by atoms with Crippen LogP contribution < -0.4 is 5.01 Å². The molecule has 1 amide bonds. The molecule has 118 valence electrons. The molecule has 2 heterocycles. The Balaban J connectivity index is 1.88. The summed E-state index contributed by atoms with van der Waals surface area (Å²) in [5.41, 5.74) is 3.30. The molecule has 1 aliphatic rings. The molecule has 6 heteroatoms. The van der Waals surface area contributed by atoms with Crippen molar-refractivity contribution in [2.24, 2.45) is 11.0 Å². The van der Waals surface area contributed by atoms with Crippen LogP contribution in [0.4, 0.5) is 5.95 Å². The number of hydrogen-bond acceptors (Lipinski definition) is 4. The van der Waals surface area contributed by atoms with Crippen molar-refractivity contribution in [2.45, 2.75) is 27.2 Å². The zero-order chi connectivity index (χ0) is 16.6. The van der Waals surface area contributed by atoms with E-state index in [1.54, 1.807) is 0 Å². The first kappa shape index (κ1) is 15.6. The van der Waals surface area contributed by atoms with Gasteiger partial charge in [-0.3, -0.25) is 4.79 Å². The van der Waals surface area contributed by atoms with E-state index in [0.717, 1.165) is 22.7 Å². The van der Waals surface area contributed by atoms with Crippen LogP contribution in [0.5, 0.6) is 0 Å². The SMILES string of the molecule is CC1=NN(c2nc(C)cc(C)n2)C(=O)[C@H]1Cc1ccccc1Cl. The van der Waals surface area contributed by atoms with Gasteiger partial charge in [-0.25, -0.2) is 9.97 Å². The number of aryl methyl sites for hydroxylation is 2. The van der Waals surface area contributed by atoms with Gasteiger partial charge in [0.05, 0.1) is 5.92 Å². The molecule has 0 bridgehead atoms. The average Bonchev–Trinajstić information content (AvgIpc) is 2.76. The van der Waals surface area contributed by atoms with Crippen molar-refractivity contribution in [1.29, 1.82) is 0 Å². The van der Waals surface area contributed by atoms with E-state index in [9.17, 15) is 4.79 Å². The smallest absolute Gasteiger partial charge is 0.259 e. The Morgan fingerprint density at radius 2 is 1.78 bits per heavy atom. The molecule has 0 N–H and O–H groups in total. The number of rotatable bonds is 3. The van der Waals surface area contributed by atoms with Crippen molar-refractivity contribution in [3.63, 3.8) is 0 Å². The summed E-state index contributed by atoms with van der Waals surface area (Å²) in [4.78, 5) is 21.4. The first-order valence-electron chi connectivity index (χ1n) is 7.40. The number of anilines is 1. The van der Waals surface area contributed by atoms with E-state index in [1.807, 2.05) is 51.1 Å². The van der Waals surface area contributed by atoms with Crippen LogP contribution in [0.25, 0.3) is 0 Å². The number of nitrogens with zero attached hydrogens (tertiary/aromatic N) is 4.